The molecule has 19 heavy (non-hydrogen) atoms. The van der Waals surface area contributed by atoms with Crippen LogP contribution in [-0.4, -0.2) is 33.8 Å². The van der Waals surface area contributed by atoms with Crippen molar-refractivity contribution in [3.8, 4) is 0 Å². The van der Waals surface area contributed by atoms with Crippen molar-refractivity contribution in [2.24, 2.45) is 5.41 Å². The minimum Gasteiger partial charge on any atom is -0.480 e. The Morgan fingerprint density at radius 2 is 2.11 bits per heavy atom. The van der Waals surface area contributed by atoms with E-state index in [1.165, 1.54) is 14.0 Å². The number of aliphatic carboxylic acids is 1. The van der Waals surface area contributed by atoms with E-state index in [0.717, 1.165) is 10.2 Å². The Morgan fingerprint density at radius 3 is 2.53 bits per heavy atom. The lowest BCUT2D eigenvalue weighted by Crippen LogP contribution is -2.45. The molecule has 0 bridgehead atoms. The number of hydrogen-bond acceptors (Lipinski definition) is 3. The van der Waals surface area contributed by atoms with Crippen LogP contribution in [0.3, 0.4) is 0 Å². The Morgan fingerprint density at radius 1 is 1.53 bits per heavy atom. The molecule has 7 heteroatoms. The number of rotatable bonds is 5. The maximum atomic E-state index is 11.9. The fraction of sp³-hybridized carbons (Fsp3) is 0.583. The van der Waals surface area contributed by atoms with Gasteiger partial charge >= 0.3 is 5.97 Å². The average Bonchev–Trinajstić information content (AvgIpc) is 2.64. The van der Waals surface area contributed by atoms with Gasteiger partial charge in [-0.15, -0.1) is 0 Å². The molecular formula is C12H18BrN3O3. The Hall–Kier alpha value is -1.37. The van der Waals surface area contributed by atoms with Crippen LogP contribution in [0.15, 0.2) is 4.47 Å². The van der Waals surface area contributed by atoms with Gasteiger partial charge in [0.25, 0.3) is 0 Å². The van der Waals surface area contributed by atoms with Crippen LogP contribution in [0.25, 0.3) is 0 Å². The van der Waals surface area contributed by atoms with Gasteiger partial charge in [0.05, 0.1) is 15.9 Å². The minimum absolute atomic E-state index is 0.0806. The highest BCUT2D eigenvalue weighted by Crippen LogP contribution is 2.29. The van der Waals surface area contributed by atoms with Crippen LogP contribution in [0.2, 0.25) is 0 Å². The fourth-order valence-corrected chi connectivity index (χ4v) is 2.33. The Bertz CT molecular complexity index is 513. The topological polar surface area (TPSA) is 84.2 Å². The largest absolute Gasteiger partial charge is 0.480 e. The molecule has 1 aromatic rings. The van der Waals surface area contributed by atoms with Gasteiger partial charge < -0.3 is 10.4 Å². The van der Waals surface area contributed by atoms with E-state index < -0.39 is 17.3 Å². The van der Waals surface area contributed by atoms with Gasteiger partial charge in [0.2, 0.25) is 5.91 Å². The number of halogens is 1. The van der Waals surface area contributed by atoms with E-state index in [2.05, 4.69) is 26.3 Å². The summed E-state index contributed by atoms with van der Waals surface area (Å²) in [4.78, 5) is 23.3. The molecular weight excluding hydrogens is 314 g/mol. The second-order valence-corrected chi connectivity index (χ2v) is 5.35. The second-order valence-electron chi connectivity index (χ2n) is 4.56. The summed E-state index contributed by atoms with van der Waals surface area (Å²) in [6.07, 6.45) is 0.0806. The third-order valence-electron chi connectivity index (χ3n) is 3.17. The summed E-state index contributed by atoms with van der Waals surface area (Å²) in [6, 6.07) is 0. The van der Waals surface area contributed by atoms with Crippen LogP contribution in [-0.2, 0) is 22.6 Å². The fourth-order valence-electron chi connectivity index (χ4n) is 1.90. The zero-order valence-electron chi connectivity index (χ0n) is 11.5. The minimum atomic E-state index is -1.52. The zero-order chi connectivity index (χ0) is 14.8. The van der Waals surface area contributed by atoms with E-state index in [4.69, 9.17) is 0 Å². The van der Waals surface area contributed by atoms with Crippen LogP contribution >= 0.6 is 15.9 Å². The van der Waals surface area contributed by atoms with E-state index in [1.807, 2.05) is 13.8 Å². The SMILES string of the molecule is CCn1nc(C)c(Br)c1CC(C)(C(=O)O)C(=O)NC. The molecule has 0 fully saturated rings. The molecule has 0 aliphatic rings. The molecule has 1 unspecified atom stereocenters. The first kappa shape index (κ1) is 15.7. The smallest absolute Gasteiger partial charge is 0.319 e. The number of aromatic nitrogens is 2. The van der Waals surface area contributed by atoms with Gasteiger partial charge in [0.15, 0.2) is 0 Å². The summed E-state index contributed by atoms with van der Waals surface area (Å²) < 4.78 is 2.47. The quantitative estimate of drug-likeness (QED) is 0.798. The van der Waals surface area contributed by atoms with E-state index in [0.29, 0.717) is 12.2 Å². The number of nitrogens with one attached hydrogen (secondary N) is 1. The van der Waals surface area contributed by atoms with Crippen molar-refractivity contribution in [2.45, 2.75) is 33.7 Å². The van der Waals surface area contributed by atoms with Crippen LogP contribution in [0.5, 0.6) is 0 Å². The number of hydrogen-bond donors (Lipinski definition) is 2. The number of carbonyl (C=O) groups excluding carboxylic acids is 1. The molecule has 1 amide bonds. The lowest BCUT2D eigenvalue weighted by molar-refractivity contribution is -0.154. The van der Waals surface area contributed by atoms with Crippen molar-refractivity contribution < 1.29 is 14.7 Å². The summed E-state index contributed by atoms with van der Waals surface area (Å²) in [5, 5.41) is 16.1. The summed E-state index contributed by atoms with van der Waals surface area (Å²) in [5.41, 5.74) is -0.0218. The van der Waals surface area contributed by atoms with Gasteiger partial charge in [0.1, 0.15) is 5.41 Å². The number of aryl methyl sites for hydroxylation is 2. The Balaban J connectivity index is 3.25. The van der Waals surface area contributed by atoms with Crippen LogP contribution in [0.4, 0.5) is 0 Å². The summed E-state index contributed by atoms with van der Waals surface area (Å²) >= 11 is 3.41. The van der Waals surface area contributed by atoms with E-state index in [-0.39, 0.29) is 6.42 Å². The van der Waals surface area contributed by atoms with Crippen LogP contribution < -0.4 is 5.32 Å². The van der Waals surface area contributed by atoms with Crippen molar-refractivity contribution in [1.29, 1.82) is 0 Å². The number of carboxylic acids is 1. The standard InChI is InChI=1S/C12H18BrN3O3/c1-5-16-8(9(13)7(2)15-16)6-12(3,11(18)19)10(17)14-4/h5-6H2,1-4H3,(H,14,17)(H,18,19). The van der Waals surface area contributed by atoms with Crippen molar-refractivity contribution in [3.05, 3.63) is 15.9 Å². The molecule has 0 radical (unpaired) electrons. The molecule has 0 aliphatic carbocycles. The van der Waals surface area contributed by atoms with Gasteiger partial charge in [-0.05, 0) is 36.7 Å². The van der Waals surface area contributed by atoms with Gasteiger partial charge in [-0.25, -0.2) is 0 Å². The molecule has 1 heterocycles. The highest BCUT2D eigenvalue weighted by Gasteiger charge is 2.42. The highest BCUT2D eigenvalue weighted by molar-refractivity contribution is 9.10. The van der Waals surface area contributed by atoms with Crippen molar-refractivity contribution in [3.63, 3.8) is 0 Å². The Labute approximate surface area is 120 Å². The number of carboxylic acid groups (broad SMARTS) is 1. The first-order valence-electron chi connectivity index (χ1n) is 5.95. The molecule has 0 aromatic carbocycles. The molecule has 0 spiro atoms. The second kappa shape index (κ2) is 5.73. The molecule has 6 nitrogen and oxygen atoms in total. The molecule has 2 N–H and O–H groups in total. The predicted octanol–water partition coefficient (Wildman–Crippen LogP) is 1.35. The third kappa shape index (κ3) is 2.80. The first-order chi connectivity index (χ1) is 8.77. The molecule has 1 aromatic heterocycles. The van der Waals surface area contributed by atoms with Crippen LogP contribution in [0, 0.1) is 12.3 Å². The van der Waals surface area contributed by atoms with Crippen molar-refractivity contribution in [1.82, 2.24) is 15.1 Å². The van der Waals surface area contributed by atoms with Crippen molar-refractivity contribution in [2.75, 3.05) is 7.05 Å². The number of amides is 1. The molecule has 0 saturated heterocycles. The van der Waals surface area contributed by atoms with Gasteiger partial charge in [0, 0.05) is 20.0 Å². The zero-order valence-corrected chi connectivity index (χ0v) is 13.0. The molecule has 0 saturated carbocycles. The molecule has 106 valence electrons. The van der Waals surface area contributed by atoms with E-state index in [1.54, 1.807) is 4.68 Å². The van der Waals surface area contributed by atoms with Gasteiger partial charge in [-0.1, -0.05) is 0 Å². The third-order valence-corrected chi connectivity index (χ3v) is 4.21. The van der Waals surface area contributed by atoms with Gasteiger partial charge in [-0.2, -0.15) is 5.10 Å². The average molecular weight is 332 g/mol. The maximum absolute atomic E-state index is 11.9. The van der Waals surface area contributed by atoms with Gasteiger partial charge in [-0.3, -0.25) is 14.3 Å². The monoisotopic (exact) mass is 331 g/mol. The van der Waals surface area contributed by atoms with Crippen LogP contribution in [0.1, 0.15) is 25.2 Å². The Kier molecular flexibility index (Phi) is 4.73. The number of nitrogens with zero attached hydrogens (tertiary/aromatic N) is 2. The highest BCUT2D eigenvalue weighted by atomic mass is 79.9. The van der Waals surface area contributed by atoms with E-state index in [9.17, 15) is 14.7 Å². The molecule has 1 rings (SSSR count). The lowest BCUT2D eigenvalue weighted by Gasteiger charge is -2.23. The summed E-state index contributed by atoms with van der Waals surface area (Å²) in [6.45, 7) is 5.78. The van der Waals surface area contributed by atoms with Crippen molar-refractivity contribution >= 4 is 27.8 Å². The molecule has 0 aliphatic heterocycles. The molecule has 1 atom stereocenters. The summed E-state index contributed by atoms with van der Waals surface area (Å²) in [5.74, 6) is -1.67. The summed E-state index contributed by atoms with van der Waals surface area (Å²) in [7, 11) is 1.43. The predicted molar refractivity (Wildman–Crippen MR) is 73.9 cm³/mol. The lowest BCUT2D eigenvalue weighted by atomic mass is 9.84. The van der Waals surface area contributed by atoms with E-state index >= 15 is 0 Å². The maximum Gasteiger partial charge on any atom is 0.319 e. The number of carbonyl (C=O) groups is 2. The normalized spacial score (nSPS) is 13.9. The first-order valence-corrected chi connectivity index (χ1v) is 6.74.